The van der Waals surface area contributed by atoms with Crippen LogP contribution in [0, 0.1) is 38.0 Å². The van der Waals surface area contributed by atoms with Crippen molar-refractivity contribution in [3.8, 4) is 0 Å². The molecule has 0 aliphatic heterocycles. The molecular formula is O2ThY. The predicted molar refractivity (Wildman–Crippen MR) is 1.37 cm³/mol. The summed E-state index contributed by atoms with van der Waals surface area (Å²) in [5.74, 6) is 0. The average molecular weight is 353 g/mol. The van der Waals surface area contributed by atoms with Crippen molar-refractivity contribution >= 4 is 0 Å². The third-order valence-electron chi connectivity index (χ3n) is 0. The monoisotopic (exact) mass is 353 g/mol. The first-order valence-electron chi connectivity index (χ1n) is 0.440. The van der Waals surface area contributed by atoms with E-state index in [1.807, 2.05) is 0 Å². The standard InChI is InChI=1S/2O.Th.Y. The maximum absolute atomic E-state index is 8.42. The predicted octanol–water partition coefficient (Wildman–Crippen LogP) is -0.240. The summed E-state index contributed by atoms with van der Waals surface area (Å²) in [7, 11) is 0. The van der Waals surface area contributed by atoms with Gasteiger partial charge in [-0.05, 0) is 0 Å². The van der Waals surface area contributed by atoms with Gasteiger partial charge in [-0.3, -0.25) is 0 Å². The van der Waals surface area contributed by atoms with E-state index in [-0.39, 0.29) is 69.0 Å². The Morgan fingerprint density at radius 2 is 1.25 bits per heavy atom. The SMILES string of the molecule is [O]=[Th].[O]=[Y]. The van der Waals surface area contributed by atoms with Crippen LogP contribution < -0.4 is 0 Å². The molecule has 0 aliphatic carbocycles. The van der Waals surface area contributed by atoms with E-state index >= 15 is 0 Å². The minimum absolute atomic E-state index is 0.0918. The first-order chi connectivity index (χ1) is 2.00. The van der Waals surface area contributed by atoms with Crippen molar-refractivity contribution < 1.29 is 72.2 Å². The molecule has 0 rings (SSSR count). The molecule has 0 fully saturated rings. The molecule has 0 saturated heterocycles. The van der Waals surface area contributed by atoms with E-state index in [1.54, 1.807) is 0 Å². The van der Waals surface area contributed by atoms with E-state index in [1.165, 1.54) is 0 Å². The van der Waals surface area contributed by atoms with Gasteiger partial charge in [0.25, 0.3) is 0 Å². The van der Waals surface area contributed by atoms with Crippen LogP contribution in [0.4, 0.5) is 0 Å². The molecule has 0 saturated carbocycles. The van der Waals surface area contributed by atoms with E-state index in [9.17, 15) is 0 Å². The summed E-state index contributed by atoms with van der Waals surface area (Å²) in [4.78, 5) is 0. The molecule has 0 aromatic rings. The fraction of sp³-hybridized carbons (Fsp3) is 0. The van der Waals surface area contributed by atoms with Crippen molar-refractivity contribution in [2.45, 2.75) is 0 Å². The Kier molecular flexibility index (Phi) is 46.6. The van der Waals surface area contributed by atoms with Crippen LogP contribution in [0.1, 0.15) is 0 Å². The average Bonchev–Trinajstić information content (AvgIpc) is 1.50. The van der Waals surface area contributed by atoms with Gasteiger partial charge in [-0.2, -0.15) is 0 Å². The van der Waals surface area contributed by atoms with Crippen LogP contribution in [0.2, 0.25) is 0 Å². The van der Waals surface area contributed by atoms with Crippen molar-refractivity contribution in [2.24, 2.45) is 0 Å². The third-order valence-corrected chi connectivity index (χ3v) is 0. The van der Waals surface area contributed by atoms with Crippen molar-refractivity contribution in [1.29, 1.82) is 0 Å². The molecule has 2 nitrogen and oxygen atoms in total. The van der Waals surface area contributed by atoms with Crippen LogP contribution >= 0.6 is 0 Å². The number of hydrogen-bond donors (Lipinski definition) is 0. The van der Waals surface area contributed by atoms with E-state index in [2.05, 4.69) is 0 Å². The van der Waals surface area contributed by atoms with Gasteiger partial charge in [0.05, 0.1) is 0 Å². The molecule has 0 amide bonds. The molecule has 0 aromatic carbocycles. The van der Waals surface area contributed by atoms with Crippen molar-refractivity contribution in [3.63, 3.8) is 0 Å². The summed E-state index contributed by atoms with van der Waals surface area (Å²) in [6, 6.07) is 0. The van der Waals surface area contributed by atoms with Crippen LogP contribution in [0.3, 0.4) is 0 Å². The molecule has 4 heteroatoms. The van der Waals surface area contributed by atoms with Crippen molar-refractivity contribution in [1.82, 2.24) is 0 Å². The fourth-order valence-electron chi connectivity index (χ4n) is 0. The summed E-state index contributed by atoms with van der Waals surface area (Å²) in [6.45, 7) is 0. The molecular weight excluding hydrogens is 353 g/mol. The van der Waals surface area contributed by atoms with Gasteiger partial charge in [0.1, 0.15) is 0 Å². The Labute approximate surface area is 70.5 Å². The zero-order valence-electron chi connectivity index (χ0n) is 1.89. The van der Waals surface area contributed by atoms with Gasteiger partial charge in [0, 0.05) is 0 Å². The summed E-state index contributed by atoms with van der Waals surface area (Å²) in [5, 5.41) is 0. The molecule has 0 spiro atoms. The second kappa shape index (κ2) is 19.8. The van der Waals surface area contributed by atoms with E-state index in [4.69, 9.17) is 3.21 Å². The second-order valence-electron chi connectivity index (χ2n) is 0. The first-order valence-corrected chi connectivity index (χ1v) is 3.28. The molecule has 0 N–H and O–H groups in total. The topological polar surface area (TPSA) is 34.1 Å². The Bertz CT molecular complexity index is 8.00. The zero-order valence-corrected chi connectivity index (χ0v) is 8.84. The first kappa shape index (κ1) is 9.39. The Hall–Kier alpha value is 2.03. The van der Waals surface area contributed by atoms with Crippen LogP contribution in [0.25, 0.3) is 0 Å². The Morgan fingerprint density at radius 1 is 1.25 bits per heavy atom. The summed E-state index contributed by atoms with van der Waals surface area (Å²) in [5.41, 5.74) is 0. The van der Waals surface area contributed by atoms with Crippen LogP contribution in [-0.4, -0.2) is 0 Å². The molecule has 4 heavy (non-hydrogen) atoms. The maximum atomic E-state index is 8.42. The summed E-state index contributed by atoms with van der Waals surface area (Å²) < 4.78 is 16.8. The van der Waals surface area contributed by atoms with Crippen LogP contribution in [0.15, 0.2) is 0 Å². The molecule has 0 unspecified atom stereocenters. The third kappa shape index (κ3) is 8.98. The second-order valence-corrected chi connectivity index (χ2v) is 0. The summed E-state index contributed by atoms with van der Waals surface area (Å²) >= 11 is 0.00816. The van der Waals surface area contributed by atoms with Crippen molar-refractivity contribution in [3.05, 3.63) is 0 Å². The molecule has 0 bridgehead atoms. The quantitative estimate of drug-likeness (QED) is 0.603. The Balaban J connectivity index is 0. The van der Waals surface area contributed by atoms with E-state index < -0.39 is 0 Å². The normalized spacial score (nSPS) is 3.00. The van der Waals surface area contributed by atoms with Crippen LogP contribution in [0.5, 0.6) is 0 Å². The van der Waals surface area contributed by atoms with Gasteiger partial charge < -0.3 is 0 Å². The zero-order chi connectivity index (χ0) is 4.00. The fourth-order valence-corrected chi connectivity index (χ4v) is 0. The molecule has 0 radical (unpaired) electrons. The van der Waals surface area contributed by atoms with Crippen LogP contribution in [-0.2, 0) is 34.2 Å². The molecule has 0 aliphatic rings. The van der Waals surface area contributed by atoms with E-state index in [0.717, 1.165) is 0 Å². The molecule has 19 valence electrons. The molecule has 0 atom stereocenters. The Morgan fingerprint density at radius 3 is 1.25 bits per heavy atom. The summed E-state index contributed by atoms with van der Waals surface area (Å²) in [6.07, 6.45) is 0. The van der Waals surface area contributed by atoms with E-state index in [0.29, 0.717) is 0 Å². The van der Waals surface area contributed by atoms with Gasteiger partial charge >= 0.3 is 72.2 Å². The minimum atomic E-state index is -0.0918. The van der Waals surface area contributed by atoms with Gasteiger partial charge in [0.15, 0.2) is 0 Å². The van der Waals surface area contributed by atoms with Gasteiger partial charge in [-0.15, -0.1) is 0 Å². The molecule has 0 aromatic heterocycles. The van der Waals surface area contributed by atoms with Gasteiger partial charge in [-0.1, -0.05) is 0 Å². The van der Waals surface area contributed by atoms with Crippen molar-refractivity contribution in [2.75, 3.05) is 0 Å². The number of rotatable bonds is 0. The van der Waals surface area contributed by atoms with Gasteiger partial charge in [-0.25, -0.2) is 0 Å². The number of hydrogen-bond acceptors (Lipinski definition) is 2. The van der Waals surface area contributed by atoms with Gasteiger partial charge in [0.2, 0.25) is 0 Å². The molecule has 0 heterocycles.